The van der Waals surface area contributed by atoms with Gasteiger partial charge >= 0.3 is 0 Å². The van der Waals surface area contributed by atoms with Gasteiger partial charge in [-0.15, -0.1) is 0 Å². The molecule has 19 heavy (non-hydrogen) atoms. The summed E-state index contributed by atoms with van der Waals surface area (Å²) in [5, 5.41) is 0.831. The Morgan fingerprint density at radius 1 is 1.21 bits per heavy atom. The molecule has 1 saturated carbocycles. The second-order valence-corrected chi connectivity index (χ2v) is 7.23. The van der Waals surface area contributed by atoms with Crippen molar-refractivity contribution in [1.82, 2.24) is 0 Å². The zero-order valence-electron chi connectivity index (χ0n) is 12.6. The van der Waals surface area contributed by atoms with E-state index in [4.69, 9.17) is 17.3 Å². The standard InChI is InChI=1S/C17H26ClN/c1-11-9-13(15(18)10-12(11)2)16(19)14-7-5-6-8-17(14,3)4/h9-10,14,16H,5-8,19H2,1-4H3. The van der Waals surface area contributed by atoms with E-state index < -0.39 is 0 Å². The fourth-order valence-electron chi connectivity index (χ4n) is 3.46. The minimum Gasteiger partial charge on any atom is -0.324 e. The highest BCUT2D eigenvalue weighted by Crippen LogP contribution is 2.47. The highest BCUT2D eigenvalue weighted by molar-refractivity contribution is 6.31. The first-order chi connectivity index (χ1) is 8.83. The van der Waals surface area contributed by atoms with Crippen molar-refractivity contribution in [2.75, 3.05) is 0 Å². The number of hydrogen-bond donors (Lipinski definition) is 1. The molecule has 0 saturated heterocycles. The molecule has 0 bridgehead atoms. The molecule has 0 heterocycles. The maximum atomic E-state index is 6.58. The molecule has 2 rings (SSSR count). The van der Waals surface area contributed by atoms with Crippen LogP contribution in [0.25, 0.3) is 0 Å². The maximum Gasteiger partial charge on any atom is 0.0456 e. The molecular weight excluding hydrogens is 254 g/mol. The van der Waals surface area contributed by atoms with Crippen molar-refractivity contribution in [2.45, 2.75) is 59.4 Å². The van der Waals surface area contributed by atoms with Crippen LogP contribution < -0.4 is 5.73 Å². The lowest BCUT2D eigenvalue weighted by Gasteiger charge is -2.42. The van der Waals surface area contributed by atoms with E-state index in [0.717, 1.165) is 10.6 Å². The SMILES string of the molecule is Cc1cc(Cl)c(C(N)C2CCCCC2(C)C)cc1C. The van der Waals surface area contributed by atoms with E-state index >= 15 is 0 Å². The van der Waals surface area contributed by atoms with Crippen LogP contribution in [0.15, 0.2) is 12.1 Å². The zero-order chi connectivity index (χ0) is 14.2. The summed E-state index contributed by atoms with van der Waals surface area (Å²) in [5.41, 5.74) is 10.5. The van der Waals surface area contributed by atoms with Gasteiger partial charge in [0.15, 0.2) is 0 Å². The van der Waals surface area contributed by atoms with Gasteiger partial charge in [0.05, 0.1) is 0 Å². The molecule has 1 aliphatic carbocycles. The second-order valence-electron chi connectivity index (χ2n) is 6.82. The summed E-state index contributed by atoms with van der Waals surface area (Å²) < 4.78 is 0. The summed E-state index contributed by atoms with van der Waals surface area (Å²) in [6.07, 6.45) is 5.12. The molecule has 0 radical (unpaired) electrons. The molecule has 0 spiro atoms. The van der Waals surface area contributed by atoms with Crippen molar-refractivity contribution in [3.05, 3.63) is 33.8 Å². The molecule has 2 heteroatoms. The van der Waals surface area contributed by atoms with Crippen LogP contribution in [-0.2, 0) is 0 Å². The molecule has 2 atom stereocenters. The van der Waals surface area contributed by atoms with E-state index in [2.05, 4.69) is 39.8 Å². The lowest BCUT2D eigenvalue weighted by molar-refractivity contribution is 0.112. The third-order valence-corrected chi connectivity index (χ3v) is 5.32. The van der Waals surface area contributed by atoms with Crippen LogP contribution >= 0.6 is 11.6 Å². The molecule has 0 amide bonds. The van der Waals surface area contributed by atoms with Gasteiger partial charge in [-0.3, -0.25) is 0 Å². The van der Waals surface area contributed by atoms with Gasteiger partial charge in [0.25, 0.3) is 0 Å². The van der Waals surface area contributed by atoms with Crippen molar-refractivity contribution in [2.24, 2.45) is 17.1 Å². The zero-order valence-corrected chi connectivity index (χ0v) is 13.3. The molecule has 1 nitrogen and oxygen atoms in total. The smallest absolute Gasteiger partial charge is 0.0456 e. The van der Waals surface area contributed by atoms with Crippen LogP contribution in [0.3, 0.4) is 0 Å². The van der Waals surface area contributed by atoms with Crippen LogP contribution in [0, 0.1) is 25.2 Å². The van der Waals surface area contributed by atoms with Gasteiger partial charge < -0.3 is 5.73 Å². The van der Waals surface area contributed by atoms with Gasteiger partial charge in [-0.2, -0.15) is 0 Å². The lowest BCUT2D eigenvalue weighted by Crippen LogP contribution is -2.36. The average molecular weight is 280 g/mol. The van der Waals surface area contributed by atoms with Crippen LogP contribution in [0.2, 0.25) is 5.02 Å². The van der Waals surface area contributed by atoms with Crippen LogP contribution in [0.4, 0.5) is 0 Å². The summed E-state index contributed by atoms with van der Waals surface area (Å²) in [5.74, 6) is 0.529. The number of nitrogens with two attached hydrogens (primary N) is 1. The van der Waals surface area contributed by atoms with E-state index in [-0.39, 0.29) is 6.04 Å². The van der Waals surface area contributed by atoms with Crippen molar-refractivity contribution in [1.29, 1.82) is 0 Å². The average Bonchev–Trinajstić information content (AvgIpc) is 2.32. The molecule has 2 N–H and O–H groups in total. The molecule has 1 aliphatic rings. The van der Waals surface area contributed by atoms with Crippen molar-refractivity contribution in [3.8, 4) is 0 Å². The van der Waals surface area contributed by atoms with E-state index in [1.165, 1.54) is 36.8 Å². The predicted molar refractivity (Wildman–Crippen MR) is 83.6 cm³/mol. The predicted octanol–water partition coefficient (Wildman–Crippen LogP) is 5.17. The first-order valence-electron chi connectivity index (χ1n) is 7.35. The Morgan fingerprint density at radius 2 is 1.84 bits per heavy atom. The Bertz CT molecular complexity index is 465. The minimum atomic E-state index is 0.0575. The highest BCUT2D eigenvalue weighted by Gasteiger charge is 2.37. The molecular formula is C17H26ClN. The molecule has 1 aromatic carbocycles. The first-order valence-corrected chi connectivity index (χ1v) is 7.73. The van der Waals surface area contributed by atoms with Gasteiger partial charge in [-0.05, 0) is 60.8 Å². The van der Waals surface area contributed by atoms with Gasteiger partial charge in [-0.25, -0.2) is 0 Å². The lowest BCUT2D eigenvalue weighted by atomic mass is 9.65. The number of rotatable bonds is 2. The first kappa shape index (κ1) is 14.9. The number of hydrogen-bond acceptors (Lipinski definition) is 1. The molecule has 1 aromatic rings. The topological polar surface area (TPSA) is 26.0 Å². The Labute approximate surface area is 122 Å². The van der Waals surface area contributed by atoms with Crippen LogP contribution in [0.5, 0.6) is 0 Å². The second kappa shape index (κ2) is 5.46. The van der Waals surface area contributed by atoms with Gasteiger partial charge in [0.1, 0.15) is 0 Å². The third kappa shape index (κ3) is 2.98. The molecule has 2 unspecified atom stereocenters. The third-order valence-electron chi connectivity index (χ3n) is 5.00. The Balaban J connectivity index is 2.33. The van der Waals surface area contributed by atoms with Crippen molar-refractivity contribution in [3.63, 3.8) is 0 Å². The van der Waals surface area contributed by atoms with Crippen LogP contribution in [-0.4, -0.2) is 0 Å². The van der Waals surface area contributed by atoms with Crippen molar-refractivity contribution >= 4 is 11.6 Å². The Hall–Kier alpha value is -0.530. The van der Waals surface area contributed by atoms with E-state index in [9.17, 15) is 0 Å². The highest BCUT2D eigenvalue weighted by atomic mass is 35.5. The normalized spacial score (nSPS) is 24.2. The summed E-state index contributed by atoms with van der Waals surface area (Å²) in [4.78, 5) is 0. The molecule has 1 fully saturated rings. The Morgan fingerprint density at radius 3 is 2.47 bits per heavy atom. The summed E-state index contributed by atoms with van der Waals surface area (Å²) in [7, 11) is 0. The number of benzene rings is 1. The fraction of sp³-hybridized carbons (Fsp3) is 0.647. The summed E-state index contributed by atoms with van der Waals surface area (Å²) in [6, 6.07) is 4.30. The van der Waals surface area contributed by atoms with Gasteiger partial charge in [0.2, 0.25) is 0 Å². The van der Waals surface area contributed by atoms with Gasteiger partial charge in [-0.1, -0.05) is 44.4 Å². The largest absolute Gasteiger partial charge is 0.324 e. The maximum absolute atomic E-state index is 6.58. The number of aryl methyl sites for hydroxylation is 2. The minimum absolute atomic E-state index is 0.0575. The van der Waals surface area contributed by atoms with E-state index in [1.54, 1.807) is 0 Å². The monoisotopic (exact) mass is 279 g/mol. The molecule has 0 aliphatic heterocycles. The van der Waals surface area contributed by atoms with Crippen molar-refractivity contribution < 1.29 is 0 Å². The van der Waals surface area contributed by atoms with Crippen LogP contribution in [0.1, 0.15) is 62.3 Å². The van der Waals surface area contributed by atoms with E-state index in [0.29, 0.717) is 11.3 Å². The van der Waals surface area contributed by atoms with E-state index in [1.807, 2.05) is 0 Å². The van der Waals surface area contributed by atoms with Gasteiger partial charge in [0, 0.05) is 11.1 Å². The Kier molecular flexibility index (Phi) is 4.27. The summed E-state index contributed by atoms with van der Waals surface area (Å²) in [6.45, 7) is 8.94. The molecule has 106 valence electrons. The number of halogens is 1. The fourth-order valence-corrected chi connectivity index (χ4v) is 3.81. The molecule has 0 aromatic heterocycles. The quantitative estimate of drug-likeness (QED) is 0.794. The summed E-state index contributed by atoms with van der Waals surface area (Å²) >= 11 is 6.43.